The summed E-state index contributed by atoms with van der Waals surface area (Å²) in [4.78, 5) is 22.1. The van der Waals surface area contributed by atoms with E-state index in [0.29, 0.717) is 0 Å². The average molecular weight is 251 g/mol. The predicted molar refractivity (Wildman–Crippen MR) is 60.9 cm³/mol. The molecule has 1 aliphatic rings. The molecule has 0 radical (unpaired) electrons. The molecule has 1 aromatic carbocycles. The lowest BCUT2D eigenvalue weighted by Gasteiger charge is -2.22. The van der Waals surface area contributed by atoms with E-state index >= 15 is 0 Å². The molecule has 6 heteroatoms. The van der Waals surface area contributed by atoms with Gasteiger partial charge in [0.2, 0.25) is 0 Å². The van der Waals surface area contributed by atoms with Gasteiger partial charge in [-0.05, 0) is 5.56 Å². The summed E-state index contributed by atoms with van der Waals surface area (Å²) in [6, 6.07) is 8.97. The van der Waals surface area contributed by atoms with Gasteiger partial charge in [-0.3, -0.25) is 0 Å². The van der Waals surface area contributed by atoms with Crippen LogP contribution < -0.4 is 5.32 Å². The minimum atomic E-state index is -0.717. The predicted octanol–water partition coefficient (Wildman–Crippen LogP) is 1.45. The van der Waals surface area contributed by atoms with Crippen molar-refractivity contribution in [3.63, 3.8) is 0 Å². The fourth-order valence-corrected chi connectivity index (χ4v) is 1.44. The van der Waals surface area contributed by atoms with E-state index in [1.165, 1.54) is 0 Å². The maximum absolute atomic E-state index is 11.4. The first kappa shape index (κ1) is 12.2. The molecule has 0 bridgehead atoms. The van der Waals surface area contributed by atoms with Gasteiger partial charge in [0.25, 0.3) is 0 Å². The highest BCUT2D eigenvalue weighted by Gasteiger charge is 2.22. The van der Waals surface area contributed by atoms with Crippen LogP contribution in [0.1, 0.15) is 5.56 Å². The molecule has 0 unspecified atom stereocenters. The zero-order valence-corrected chi connectivity index (χ0v) is 9.63. The summed E-state index contributed by atoms with van der Waals surface area (Å²) in [5.41, 5.74) is 0.902. The minimum Gasteiger partial charge on any atom is -0.445 e. The monoisotopic (exact) mass is 251 g/mol. The number of carbonyl (C=O) groups is 2. The molecule has 2 rings (SSSR count). The van der Waals surface area contributed by atoms with Gasteiger partial charge in [-0.1, -0.05) is 30.3 Å². The van der Waals surface area contributed by atoms with Crippen molar-refractivity contribution in [1.29, 1.82) is 0 Å². The van der Waals surface area contributed by atoms with Gasteiger partial charge in [0, 0.05) is 0 Å². The second kappa shape index (κ2) is 5.90. The van der Waals surface area contributed by atoms with Crippen LogP contribution in [0.25, 0.3) is 0 Å². The molecule has 0 saturated carbocycles. The first-order valence-electron chi connectivity index (χ1n) is 5.51. The van der Waals surface area contributed by atoms with Crippen molar-refractivity contribution in [3.8, 4) is 0 Å². The molecule has 0 aromatic heterocycles. The Morgan fingerprint density at radius 2 is 1.94 bits per heavy atom. The van der Waals surface area contributed by atoms with Gasteiger partial charge in [-0.2, -0.15) is 0 Å². The third-order valence-corrected chi connectivity index (χ3v) is 2.34. The molecule has 1 amide bonds. The van der Waals surface area contributed by atoms with Crippen LogP contribution >= 0.6 is 0 Å². The number of benzene rings is 1. The van der Waals surface area contributed by atoms with Gasteiger partial charge in [-0.15, -0.1) is 0 Å². The molecule has 6 nitrogen and oxygen atoms in total. The number of rotatable bonds is 3. The fraction of sp³-hybridized carbons (Fsp3) is 0.333. The summed E-state index contributed by atoms with van der Waals surface area (Å²) in [5, 5.41) is 2.55. The largest absolute Gasteiger partial charge is 0.508 e. The second-order valence-corrected chi connectivity index (χ2v) is 3.78. The zero-order valence-electron chi connectivity index (χ0n) is 9.63. The van der Waals surface area contributed by atoms with Crippen LogP contribution in [0.2, 0.25) is 0 Å². The first-order chi connectivity index (χ1) is 8.74. The molecule has 1 N–H and O–H groups in total. The van der Waals surface area contributed by atoms with E-state index in [0.717, 1.165) is 5.56 Å². The van der Waals surface area contributed by atoms with Crippen LogP contribution in [0.4, 0.5) is 9.59 Å². The number of cyclic esters (lactones) is 2. The summed E-state index contributed by atoms with van der Waals surface area (Å²) in [5.74, 6) is 0. The molecule has 96 valence electrons. The molecule has 1 aliphatic heterocycles. The number of ether oxygens (including phenoxy) is 3. The number of hydrogen-bond acceptors (Lipinski definition) is 5. The van der Waals surface area contributed by atoms with Crippen LogP contribution in [0, 0.1) is 0 Å². The molecule has 0 atom stereocenters. The zero-order chi connectivity index (χ0) is 12.8. The van der Waals surface area contributed by atoms with Crippen molar-refractivity contribution in [2.45, 2.75) is 12.6 Å². The Labute approximate surface area is 104 Å². The number of nitrogens with one attached hydrogen (secondary N) is 1. The third-order valence-electron chi connectivity index (χ3n) is 2.34. The Kier molecular flexibility index (Phi) is 4.01. The molecule has 1 fully saturated rings. The van der Waals surface area contributed by atoms with Crippen molar-refractivity contribution in [3.05, 3.63) is 35.9 Å². The normalized spacial score (nSPS) is 15.4. The van der Waals surface area contributed by atoms with E-state index in [1.807, 2.05) is 30.3 Å². The van der Waals surface area contributed by atoms with Crippen molar-refractivity contribution in [1.82, 2.24) is 5.32 Å². The van der Waals surface area contributed by atoms with E-state index in [1.54, 1.807) is 0 Å². The first-order valence-corrected chi connectivity index (χ1v) is 5.51. The standard InChI is InChI=1S/C12H13NO5/c14-11(13-10-7-17-12(15)18-8-10)16-6-9-4-2-1-3-5-9/h1-5,10H,6-8H2,(H,13,14). The van der Waals surface area contributed by atoms with Crippen molar-refractivity contribution >= 4 is 12.2 Å². The molecular weight excluding hydrogens is 238 g/mol. The number of alkyl carbamates (subject to hydrolysis) is 1. The molecule has 1 aromatic rings. The Balaban J connectivity index is 1.71. The lowest BCUT2D eigenvalue weighted by molar-refractivity contribution is 0.000123. The van der Waals surface area contributed by atoms with E-state index in [2.05, 4.69) is 14.8 Å². The van der Waals surface area contributed by atoms with E-state index in [-0.39, 0.29) is 25.9 Å². The molecule has 0 aliphatic carbocycles. The SMILES string of the molecule is O=C(NC1COC(=O)OC1)OCc1ccccc1. The highest BCUT2D eigenvalue weighted by molar-refractivity contribution is 5.68. The average Bonchev–Trinajstić information content (AvgIpc) is 2.40. The van der Waals surface area contributed by atoms with Crippen LogP contribution in [-0.2, 0) is 20.8 Å². The molecule has 1 saturated heterocycles. The Hall–Kier alpha value is -2.24. The van der Waals surface area contributed by atoms with E-state index < -0.39 is 12.2 Å². The van der Waals surface area contributed by atoms with Crippen LogP contribution in [0.15, 0.2) is 30.3 Å². The summed E-state index contributed by atoms with van der Waals surface area (Å²) in [6.45, 7) is 0.387. The number of amides is 1. The Morgan fingerprint density at radius 3 is 2.61 bits per heavy atom. The smallest absolute Gasteiger partial charge is 0.445 e. The summed E-state index contributed by atoms with van der Waals surface area (Å²) in [6.07, 6.45) is -1.28. The van der Waals surface area contributed by atoms with Crippen LogP contribution in [0.5, 0.6) is 0 Å². The minimum absolute atomic E-state index is 0.0965. The summed E-state index contributed by atoms with van der Waals surface area (Å²) < 4.78 is 14.3. The van der Waals surface area contributed by atoms with Gasteiger partial charge < -0.3 is 19.5 Å². The van der Waals surface area contributed by atoms with Crippen molar-refractivity contribution in [2.75, 3.05) is 13.2 Å². The summed E-state index contributed by atoms with van der Waals surface area (Å²) >= 11 is 0. The van der Waals surface area contributed by atoms with Gasteiger partial charge in [0.1, 0.15) is 25.9 Å². The van der Waals surface area contributed by atoms with Crippen molar-refractivity contribution in [2.24, 2.45) is 0 Å². The van der Waals surface area contributed by atoms with Gasteiger partial charge in [0.05, 0.1) is 0 Å². The molecular formula is C12H13NO5. The second-order valence-electron chi connectivity index (χ2n) is 3.78. The summed E-state index contributed by atoms with van der Waals surface area (Å²) in [7, 11) is 0. The van der Waals surface area contributed by atoms with E-state index in [9.17, 15) is 9.59 Å². The highest BCUT2D eigenvalue weighted by Crippen LogP contribution is 2.03. The van der Waals surface area contributed by atoms with Gasteiger partial charge in [0.15, 0.2) is 0 Å². The van der Waals surface area contributed by atoms with Gasteiger partial charge >= 0.3 is 12.2 Å². The third kappa shape index (κ3) is 3.65. The van der Waals surface area contributed by atoms with Crippen LogP contribution in [0.3, 0.4) is 0 Å². The Bertz CT molecular complexity index is 410. The quantitative estimate of drug-likeness (QED) is 0.823. The molecule has 18 heavy (non-hydrogen) atoms. The van der Waals surface area contributed by atoms with E-state index in [4.69, 9.17) is 4.74 Å². The number of carbonyl (C=O) groups excluding carboxylic acids is 2. The highest BCUT2D eigenvalue weighted by atomic mass is 16.7. The Morgan fingerprint density at radius 1 is 1.28 bits per heavy atom. The topological polar surface area (TPSA) is 73.9 Å². The van der Waals surface area contributed by atoms with Gasteiger partial charge in [-0.25, -0.2) is 9.59 Å². The number of hydrogen-bond donors (Lipinski definition) is 1. The maximum atomic E-state index is 11.4. The lowest BCUT2D eigenvalue weighted by atomic mass is 10.2. The molecule has 1 heterocycles. The maximum Gasteiger partial charge on any atom is 0.508 e. The van der Waals surface area contributed by atoms with Crippen molar-refractivity contribution < 1.29 is 23.8 Å². The fourth-order valence-electron chi connectivity index (χ4n) is 1.44. The molecule has 0 spiro atoms. The van der Waals surface area contributed by atoms with Crippen LogP contribution in [-0.4, -0.2) is 31.5 Å². The lowest BCUT2D eigenvalue weighted by Crippen LogP contribution is -2.45.